The number of nitrogens with one attached hydrogen (secondary N) is 4. The summed E-state index contributed by atoms with van der Waals surface area (Å²) in [5.74, 6) is -2.98. The van der Waals surface area contributed by atoms with Crippen LogP contribution in [-0.2, 0) is 19.2 Å². The highest BCUT2D eigenvalue weighted by Gasteiger charge is 2.34. The van der Waals surface area contributed by atoms with Gasteiger partial charge >= 0.3 is 5.97 Å². The molecular formula is C22H31N5O7. The predicted molar refractivity (Wildman–Crippen MR) is 119 cm³/mol. The molecule has 0 spiro atoms. The van der Waals surface area contributed by atoms with Gasteiger partial charge in [0.15, 0.2) is 5.69 Å². The van der Waals surface area contributed by atoms with Gasteiger partial charge < -0.3 is 30.9 Å². The molecule has 1 fully saturated rings. The molecule has 3 atom stereocenters. The molecule has 1 aromatic heterocycles. The summed E-state index contributed by atoms with van der Waals surface area (Å²) >= 11 is 0. The van der Waals surface area contributed by atoms with Crippen LogP contribution in [-0.4, -0.2) is 65.0 Å². The average molecular weight is 478 g/mol. The summed E-state index contributed by atoms with van der Waals surface area (Å²) in [5.41, 5.74) is -0.654. The second-order valence-corrected chi connectivity index (χ2v) is 9.20. The van der Waals surface area contributed by atoms with E-state index in [4.69, 9.17) is 9.63 Å². The van der Waals surface area contributed by atoms with Crippen LogP contribution in [0.3, 0.4) is 0 Å². The fourth-order valence-corrected chi connectivity index (χ4v) is 3.44. The van der Waals surface area contributed by atoms with E-state index in [2.05, 4.69) is 26.4 Å². The summed E-state index contributed by atoms with van der Waals surface area (Å²) in [5, 5.41) is 23.0. The number of hydrogen-bond donors (Lipinski definition) is 5. The molecule has 186 valence electrons. The van der Waals surface area contributed by atoms with E-state index in [0.29, 0.717) is 18.7 Å². The first-order valence-electron chi connectivity index (χ1n) is 10.9. The molecule has 2 heterocycles. The van der Waals surface area contributed by atoms with Crippen LogP contribution >= 0.6 is 0 Å². The zero-order valence-corrected chi connectivity index (χ0v) is 19.6. The van der Waals surface area contributed by atoms with E-state index in [1.807, 2.05) is 0 Å². The minimum atomic E-state index is -1.19. The van der Waals surface area contributed by atoms with Crippen molar-refractivity contribution in [2.45, 2.75) is 52.6 Å². The zero-order valence-electron chi connectivity index (χ0n) is 19.6. The van der Waals surface area contributed by atoms with Gasteiger partial charge in [0.1, 0.15) is 11.8 Å². The number of amides is 4. The zero-order chi connectivity index (χ0) is 25.5. The standard InChI is InChI=1S/C22H31N5O7/c1-12-9-15(27-34-12)20(32)26-18(22(2,3)4)21(33)24-11-16(28)25-14(5-6-17(29)30)10-13-7-8-23-19(13)31/h5-6,9,13-14,18H,7-8,10-11H2,1-4H3,(H,23,31)(H,24,33)(H,25,28)(H,26,32)(H,29,30)/b6-5+/t13-,14+,18+/m0/s1. The Hall–Kier alpha value is -3.70. The highest BCUT2D eigenvalue weighted by atomic mass is 16.5. The van der Waals surface area contributed by atoms with Crippen LogP contribution in [0.1, 0.15) is 49.9 Å². The number of aliphatic carboxylic acids is 1. The summed E-state index contributed by atoms with van der Waals surface area (Å²) in [7, 11) is 0. The molecule has 12 nitrogen and oxygen atoms in total. The monoisotopic (exact) mass is 477 g/mol. The molecule has 0 aromatic carbocycles. The highest BCUT2D eigenvalue weighted by Crippen LogP contribution is 2.20. The lowest BCUT2D eigenvalue weighted by atomic mass is 9.86. The molecule has 0 radical (unpaired) electrons. The quantitative estimate of drug-likeness (QED) is 0.290. The van der Waals surface area contributed by atoms with Gasteiger partial charge in [0.25, 0.3) is 5.91 Å². The third-order valence-electron chi connectivity index (χ3n) is 5.21. The molecular weight excluding hydrogens is 446 g/mol. The van der Waals surface area contributed by atoms with E-state index in [-0.39, 0.29) is 23.9 Å². The topological polar surface area (TPSA) is 180 Å². The fraction of sp³-hybridized carbons (Fsp3) is 0.545. The Morgan fingerprint density at radius 1 is 1.29 bits per heavy atom. The summed E-state index contributed by atoms with van der Waals surface area (Å²) in [6.45, 7) is 7.02. The molecule has 34 heavy (non-hydrogen) atoms. The van der Waals surface area contributed by atoms with Crippen LogP contribution in [0.25, 0.3) is 0 Å². The van der Waals surface area contributed by atoms with E-state index in [9.17, 15) is 24.0 Å². The first-order valence-corrected chi connectivity index (χ1v) is 10.9. The van der Waals surface area contributed by atoms with Gasteiger partial charge in [-0.1, -0.05) is 32.0 Å². The largest absolute Gasteiger partial charge is 0.478 e. The second-order valence-electron chi connectivity index (χ2n) is 9.20. The molecule has 12 heteroatoms. The maximum absolute atomic E-state index is 12.8. The summed E-state index contributed by atoms with van der Waals surface area (Å²) < 4.78 is 4.89. The molecule has 2 rings (SSSR count). The summed E-state index contributed by atoms with van der Waals surface area (Å²) in [4.78, 5) is 60.4. The van der Waals surface area contributed by atoms with E-state index in [1.54, 1.807) is 27.7 Å². The summed E-state index contributed by atoms with van der Waals surface area (Å²) in [6, 6.07) is -0.243. The molecule has 5 N–H and O–H groups in total. The van der Waals surface area contributed by atoms with Crippen molar-refractivity contribution in [1.29, 1.82) is 0 Å². The first kappa shape index (κ1) is 26.6. The molecule has 0 saturated carbocycles. The minimum Gasteiger partial charge on any atom is -0.478 e. The number of aromatic nitrogens is 1. The lowest BCUT2D eigenvalue weighted by Gasteiger charge is -2.30. The van der Waals surface area contributed by atoms with Gasteiger partial charge in [-0.25, -0.2) is 4.79 Å². The fourth-order valence-electron chi connectivity index (χ4n) is 3.44. The molecule has 0 bridgehead atoms. The lowest BCUT2D eigenvalue weighted by Crippen LogP contribution is -2.55. The summed E-state index contributed by atoms with van der Waals surface area (Å²) in [6.07, 6.45) is 3.01. The van der Waals surface area contributed by atoms with E-state index >= 15 is 0 Å². The molecule has 1 aliphatic heterocycles. The number of rotatable bonds is 10. The second kappa shape index (κ2) is 11.4. The van der Waals surface area contributed by atoms with Crippen molar-refractivity contribution >= 4 is 29.6 Å². The predicted octanol–water partition coefficient (Wildman–Crippen LogP) is -0.104. The lowest BCUT2D eigenvalue weighted by molar-refractivity contribution is -0.131. The van der Waals surface area contributed by atoms with Gasteiger partial charge in [0.05, 0.1) is 6.54 Å². The highest BCUT2D eigenvalue weighted by molar-refractivity contribution is 5.97. The number of aryl methyl sites for hydroxylation is 1. The van der Waals surface area contributed by atoms with Gasteiger partial charge in [-0.2, -0.15) is 0 Å². The third kappa shape index (κ3) is 8.01. The van der Waals surface area contributed by atoms with Crippen molar-refractivity contribution in [2.24, 2.45) is 11.3 Å². The number of carboxylic acid groups (broad SMARTS) is 1. The van der Waals surface area contributed by atoms with Gasteiger partial charge in [-0.15, -0.1) is 0 Å². The van der Waals surface area contributed by atoms with Crippen LogP contribution in [0, 0.1) is 18.3 Å². The van der Waals surface area contributed by atoms with Crippen molar-refractivity contribution in [3.8, 4) is 0 Å². The van der Waals surface area contributed by atoms with Crippen molar-refractivity contribution in [2.75, 3.05) is 13.1 Å². The molecule has 0 aliphatic carbocycles. The van der Waals surface area contributed by atoms with Crippen molar-refractivity contribution in [1.82, 2.24) is 26.4 Å². The Kier molecular flexibility index (Phi) is 8.93. The van der Waals surface area contributed by atoms with Gasteiger partial charge in [-0.3, -0.25) is 19.2 Å². The smallest absolute Gasteiger partial charge is 0.328 e. The Morgan fingerprint density at radius 2 is 2.00 bits per heavy atom. The number of carbonyl (C=O) groups is 5. The third-order valence-corrected chi connectivity index (χ3v) is 5.21. The van der Waals surface area contributed by atoms with Crippen molar-refractivity contribution in [3.63, 3.8) is 0 Å². The number of hydrogen-bond acceptors (Lipinski definition) is 7. The SMILES string of the molecule is Cc1cc(C(=O)N[C@H](C(=O)NCC(=O)N[C@H](/C=C/C(=O)O)C[C@@H]2CCNC2=O)C(C)(C)C)no1. The average Bonchev–Trinajstić information content (AvgIpc) is 3.35. The van der Waals surface area contributed by atoms with Crippen LogP contribution in [0.2, 0.25) is 0 Å². The Bertz CT molecular complexity index is 963. The maximum Gasteiger partial charge on any atom is 0.328 e. The van der Waals surface area contributed by atoms with Crippen molar-refractivity contribution < 1.29 is 33.6 Å². The normalized spacial score (nSPS) is 17.6. The van der Waals surface area contributed by atoms with Crippen LogP contribution < -0.4 is 21.3 Å². The van der Waals surface area contributed by atoms with E-state index < -0.39 is 47.7 Å². The van der Waals surface area contributed by atoms with Crippen LogP contribution in [0.4, 0.5) is 0 Å². The van der Waals surface area contributed by atoms with Crippen LogP contribution in [0.5, 0.6) is 0 Å². The van der Waals surface area contributed by atoms with Gasteiger partial charge in [0, 0.05) is 30.6 Å². The molecule has 4 amide bonds. The van der Waals surface area contributed by atoms with E-state index in [1.165, 1.54) is 12.1 Å². The molecule has 1 aromatic rings. The molecule has 0 unspecified atom stereocenters. The van der Waals surface area contributed by atoms with E-state index in [0.717, 1.165) is 6.08 Å². The van der Waals surface area contributed by atoms with Crippen molar-refractivity contribution in [3.05, 3.63) is 29.7 Å². The Morgan fingerprint density at radius 3 is 2.53 bits per heavy atom. The Labute approximate surface area is 196 Å². The number of carbonyl (C=O) groups excluding carboxylic acids is 4. The van der Waals surface area contributed by atoms with Gasteiger partial charge in [0.2, 0.25) is 17.7 Å². The minimum absolute atomic E-state index is 0.0290. The number of carboxylic acids is 1. The molecule has 1 saturated heterocycles. The van der Waals surface area contributed by atoms with Crippen LogP contribution in [0.15, 0.2) is 22.7 Å². The maximum atomic E-state index is 12.8. The van der Waals surface area contributed by atoms with Gasteiger partial charge in [-0.05, 0) is 25.2 Å². The number of nitrogens with zero attached hydrogens (tertiary/aromatic N) is 1. The first-order chi connectivity index (χ1) is 15.9. The molecule has 1 aliphatic rings. The Balaban J connectivity index is 1.98.